The molecule has 0 aliphatic carbocycles. The van der Waals surface area contributed by atoms with Crippen molar-refractivity contribution in [3.05, 3.63) is 86.0 Å². The number of hydrogen-bond acceptors (Lipinski definition) is 6. The number of pyridine rings is 1. The van der Waals surface area contributed by atoms with E-state index in [1.54, 1.807) is 41.8 Å². The van der Waals surface area contributed by atoms with Crippen LogP contribution in [0.25, 0.3) is 21.9 Å². The van der Waals surface area contributed by atoms with E-state index in [4.69, 9.17) is 13.9 Å². The van der Waals surface area contributed by atoms with Gasteiger partial charge in [-0.1, -0.05) is 30.3 Å². The maximum atomic E-state index is 13.7. The van der Waals surface area contributed by atoms with Gasteiger partial charge in [-0.2, -0.15) is 0 Å². The molecule has 2 aliphatic rings. The lowest BCUT2D eigenvalue weighted by Gasteiger charge is -2.23. The number of carbonyl (C=O) groups is 1. The predicted molar refractivity (Wildman–Crippen MR) is 122 cm³/mol. The third kappa shape index (κ3) is 2.85. The van der Waals surface area contributed by atoms with Crippen molar-refractivity contribution in [2.75, 3.05) is 6.61 Å². The molecule has 166 valence electrons. The normalized spacial score (nSPS) is 18.8. The number of para-hydroxylation sites is 2. The Bertz CT molecular complexity index is 1560. The summed E-state index contributed by atoms with van der Waals surface area (Å²) in [4.78, 5) is 39.8. The first-order valence-electron chi connectivity index (χ1n) is 11.1. The fourth-order valence-corrected chi connectivity index (χ4v) is 5.21. The van der Waals surface area contributed by atoms with Crippen LogP contribution in [-0.2, 0) is 22.5 Å². The average molecular weight is 443 g/mol. The van der Waals surface area contributed by atoms with Crippen molar-refractivity contribution in [3.63, 3.8) is 0 Å². The number of aromatic nitrogens is 1. The largest absolute Gasteiger partial charge is 0.476 e. The lowest BCUT2D eigenvalue weighted by molar-refractivity contribution is -0.151. The van der Waals surface area contributed by atoms with Gasteiger partial charge in [0, 0.05) is 12.1 Å². The molecule has 4 heterocycles. The van der Waals surface area contributed by atoms with Gasteiger partial charge in [0.05, 0.1) is 29.0 Å². The summed E-state index contributed by atoms with van der Waals surface area (Å²) in [6.45, 7) is 2.44. The molecule has 0 saturated carbocycles. The molecular formula is C26H21NO6. The molecule has 2 aromatic carbocycles. The van der Waals surface area contributed by atoms with E-state index in [0.29, 0.717) is 23.1 Å². The first-order chi connectivity index (χ1) is 16.1. The van der Waals surface area contributed by atoms with E-state index in [2.05, 4.69) is 0 Å². The van der Waals surface area contributed by atoms with Gasteiger partial charge in [0.1, 0.15) is 11.3 Å². The predicted octanol–water partition coefficient (Wildman–Crippen LogP) is 3.51. The van der Waals surface area contributed by atoms with Crippen molar-refractivity contribution in [3.8, 4) is 5.75 Å². The summed E-state index contributed by atoms with van der Waals surface area (Å²) in [5.74, 6) is -1.27. The first-order valence-corrected chi connectivity index (χ1v) is 11.1. The molecule has 0 unspecified atom stereocenters. The number of fused-ring (bicyclic) bond motifs is 3. The van der Waals surface area contributed by atoms with Crippen LogP contribution in [0.3, 0.4) is 0 Å². The number of rotatable bonds is 3. The molecule has 7 nitrogen and oxygen atoms in total. The van der Waals surface area contributed by atoms with Crippen LogP contribution in [0.1, 0.15) is 36.0 Å². The maximum Gasteiger partial charge on any atom is 0.348 e. The van der Waals surface area contributed by atoms with Gasteiger partial charge in [0.15, 0.2) is 0 Å². The van der Waals surface area contributed by atoms with Crippen LogP contribution >= 0.6 is 0 Å². The number of nitrogens with zero attached hydrogens (tertiary/aromatic N) is 1. The Morgan fingerprint density at radius 2 is 2.00 bits per heavy atom. The van der Waals surface area contributed by atoms with Gasteiger partial charge < -0.3 is 18.5 Å². The molecule has 33 heavy (non-hydrogen) atoms. The molecule has 6 rings (SSSR count). The second kappa shape index (κ2) is 7.33. The van der Waals surface area contributed by atoms with Gasteiger partial charge in [-0.05, 0) is 48.9 Å². The van der Waals surface area contributed by atoms with Crippen molar-refractivity contribution in [1.82, 2.24) is 4.57 Å². The van der Waals surface area contributed by atoms with Gasteiger partial charge in [0.2, 0.25) is 6.10 Å². The van der Waals surface area contributed by atoms with Crippen LogP contribution in [0.4, 0.5) is 0 Å². The lowest BCUT2D eigenvalue weighted by atomic mass is 9.87. The molecule has 0 spiro atoms. The summed E-state index contributed by atoms with van der Waals surface area (Å²) in [6, 6.07) is 14.7. The molecule has 2 aliphatic heterocycles. The minimum atomic E-state index is -1.15. The highest BCUT2D eigenvalue weighted by Gasteiger charge is 2.46. The maximum absolute atomic E-state index is 13.7. The van der Waals surface area contributed by atoms with Gasteiger partial charge in [-0.3, -0.25) is 4.79 Å². The molecule has 2 atom stereocenters. The summed E-state index contributed by atoms with van der Waals surface area (Å²) in [6.07, 6.45) is 0.603. The smallest absolute Gasteiger partial charge is 0.348 e. The van der Waals surface area contributed by atoms with Gasteiger partial charge in [0.25, 0.3) is 5.56 Å². The van der Waals surface area contributed by atoms with E-state index in [-0.39, 0.29) is 23.5 Å². The van der Waals surface area contributed by atoms with Crippen LogP contribution in [0.2, 0.25) is 0 Å². The quantitative estimate of drug-likeness (QED) is 0.356. The second-order valence-corrected chi connectivity index (χ2v) is 8.41. The van der Waals surface area contributed by atoms with E-state index in [1.807, 2.05) is 18.2 Å². The molecule has 7 heteroatoms. The number of carbonyl (C=O) groups excluding carboxylic acids is 1. The van der Waals surface area contributed by atoms with E-state index in [1.165, 1.54) is 0 Å². The van der Waals surface area contributed by atoms with Crippen LogP contribution < -0.4 is 15.9 Å². The monoisotopic (exact) mass is 443 g/mol. The summed E-state index contributed by atoms with van der Waals surface area (Å²) in [7, 11) is 0. The van der Waals surface area contributed by atoms with E-state index >= 15 is 0 Å². The van der Waals surface area contributed by atoms with Gasteiger partial charge in [-0.15, -0.1) is 0 Å². The zero-order valence-electron chi connectivity index (χ0n) is 18.0. The molecule has 0 N–H and O–H groups in total. The first kappa shape index (κ1) is 19.8. The molecule has 0 saturated heterocycles. The molecule has 0 radical (unpaired) electrons. The van der Waals surface area contributed by atoms with Crippen LogP contribution in [0.5, 0.6) is 5.75 Å². The molecular weight excluding hydrogens is 422 g/mol. The van der Waals surface area contributed by atoms with E-state index < -0.39 is 23.6 Å². The van der Waals surface area contributed by atoms with Crippen LogP contribution in [0, 0.1) is 0 Å². The topological polar surface area (TPSA) is 87.7 Å². The minimum absolute atomic E-state index is 0.155. The number of hydrogen-bond donors (Lipinski definition) is 0. The SMILES string of the molecule is CCOC(=O)[C@H]1Oc2c(c(=O)oc3ccccc23)[C@H]1c1cc2cccc3c2n(c1=O)CCC3. The third-order valence-corrected chi connectivity index (χ3v) is 6.56. The summed E-state index contributed by atoms with van der Waals surface area (Å²) < 4.78 is 18.7. The number of benzene rings is 2. The Morgan fingerprint density at radius 3 is 2.85 bits per heavy atom. The number of aryl methyl sites for hydroxylation is 2. The Kier molecular flexibility index (Phi) is 4.40. The minimum Gasteiger partial charge on any atom is -0.476 e. The van der Waals surface area contributed by atoms with E-state index in [0.717, 1.165) is 29.3 Å². The summed E-state index contributed by atoms with van der Waals surface area (Å²) in [5, 5.41) is 1.47. The molecule has 0 amide bonds. The van der Waals surface area contributed by atoms with Crippen molar-refractivity contribution in [1.29, 1.82) is 0 Å². The zero-order valence-corrected chi connectivity index (χ0v) is 18.0. The molecule has 4 aromatic rings. The Labute approximate surface area is 188 Å². The lowest BCUT2D eigenvalue weighted by Crippen LogP contribution is -2.37. The Morgan fingerprint density at radius 1 is 1.15 bits per heavy atom. The fraction of sp³-hybridized carbons (Fsp3) is 0.269. The highest BCUT2D eigenvalue weighted by molar-refractivity contribution is 5.89. The van der Waals surface area contributed by atoms with Crippen molar-refractivity contribution >= 4 is 27.8 Å². The van der Waals surface area contributed by atoms with Crippen molar-refractivity contribution in [2.45, 2.75) is 38.3 Å². The Balaban J connectivity index is 1.66. The van der Waals surface area contributed by atoms with Crippen molar-refractivity contribution < 1.29 is 18.7 Å². The molecule has 0 bridgehead atoms. The zero-order chi connectivity index (χ0) is 22.7. The molecule has 2 aromatic heterocycles. The van der Waals surface area contributed by atoms with Gasteiger partial charge >= 0.3 is 11.6 Å². The average Bonchev–Trinajstić information content (AvgIpc) is 3.23. The van der Waals surface area contributed by atoms with Crippen LogP contribution in [0.15, 0.2) is 62.5 Å². The molecule has 0 fully saturated rings. The van der Waals surface area contributed by atoms with Crippen LogP contribution in [-0.4, -0.2) is 23.2 Å². The highest BCUT2D eigenvalue weighted by Crippen LogP contribution is 2.44. The standard InChI is InChI=1S/C26H21NO6/c1-2-31-26(30)23-19(20-22(33-23)16-10-3-4-11-18(16)32-25(20)29)17-13-15-8-5-7-14-9-6-12-27(21(14)15)24(17)28/h3-5,7-8,10-11,13,19,23H,2,6,9,12H2,1H3/t19-,23+/m1/s1. The second-order valence-electron chi connectivity index (χ2n) is 8.41. The Hall–Kier alpha value is -3.87. The fourth-order valence-electron chi connectivity index (χ4n) is 5.21. The van der Waals surface area contributed by atoms with Gasteiger partial charge in [-0.25, -0.2) is 9.59 Å². The summed E-state index contributed by atoms with van der Waals surface area (Å²) >= 11 is 0. The van der Waals surface area contributed by atoms with Crippen molar-refractivity contribution in [2.24, 2.45) is 0 Å². The highest BCUT2D eigenvalue weighted by atomic mass is 16.6. The van der Waals surface area contributed by atoms with E-state index in [9.17, 15) is 14.4 Å². The number of esters is 1. The third-order valence-electron chi connectivity index (χ3n) is 6.56. The summed E-state index contributed by atoms with van der Waals surface area (Å²) in [5.41, 5.74) is 2.07. The number of ether oxygens (including phenoxy) is 2.